The summed E-state index contributed by atoms with van der Waals surface area (Å²) in [7, 11) is 0. The Kier molecular flexibility index (Phi) is 4.50. The van der Waals surface area contributed by atoms with E-state index in [2.05, 4.69) is 15.3 Å². The number of pyridine rings is 1. The maximum Gasteiger partial charge on any atom is 0.432 e. The highest BCUT2D eigenvalue weighted by Gasteiger charge is 2.37. The molecule has 0 aliphatic heterocycles. The van der Waals surface area contributed by atoms with Gasteiger partial charge in [-0.15, -0.1) is 0 Å². The second-order valence-electron chi connectivity index (χ2n) is 5.16. The molecule has 25 heavy (non-hydrogen) atoms. The van der Waals surface area contributed by atoms with Crippen LogP contribution in [0.2, 0.25) is 5.15 Å². The van der Waals surface area contributed by atoms with Crippen LogP contribution < -0.4 is 5.32 Å². The quantitative estimate of drug-likeness (QED) is 0.642. The number of halogens is 4. The minimum absolute atomic E-state index is 0.201. The number of amides is 1. The molecular weight excluding hydrogens is 355 g/mol. The summed E-state index contributed by atoms with van der Waals surface area (Å²) in [6, 6.07) is 12.5. The topological polar surface area (TPSA) is 57.8 Å². The number of carbonyl (C=O) groups excluding carboxylic acids is 1. The van der Waals surface area contributed by atoms with Gasteiger partial charge in [0.15, 0.2) is 0 Å². The van der Waals surface area contributed by atoms with E-state index < -0.39 is 23.3 Å². The molecule has 128 valence electrons. The zero-order valence-electron chi connectivity index (χ0n) is 12.6. The van der Waals surface area contributed by atoms with Crippen LogP contribution in [0.4, 0.5) is 18.9 Å². The third-order valence-corrected chi connectivity index (χ3v) is 3.64. The summed E-state index contributed by atoms with van der Waals surface area (Å²) >= 11 is 5.64. The third-order valence-electron chi connectivity index (χ3n) is 3.42. The number of H-pyrrole nitrogens is 1. The molecule has 0 fully saturated rings. The van der Waals surface area contributed by atoms with Crippen LogP contribution in [0, 0.1) is 0 Å². The predicted molar refractivity (Wildman–Crippen MR) is 88.4 cm³/mol. The Morgan fingerprint density at radius 3 is 2.44 bits per heavy atom. The van der Waals surface area contributed by atoms with Crippen molar-refractivity contribution < 1.29 is 18.0 Å². The second-order valence-corrected chi connectivity index (χ2v) is 5.55. The summed E-state index contributed by atoms with van der Waals surface area (Å²) in [4.78, 5) is 18.4. The van der Waals surface area contributed by atoms with Crippen LogP contribution in [-0.4, -0.2) is 15.9 Å². The first-order chi connectivity index (χ1) is 11.8. The molecule has 0 radical (unpaired) electrons. The largest absolute Gasteiger partial charge is 0.432 e. The predicted octanol–water partition coefficient (Wildman–Crippen LogP) is 5.00. The minimum Gasteiger partial charge on any atom is -0.350 e. The molecule has 3 aromatic rings. The summed E-state index contributed by atoms with van der Waals surface area (Å²) in [6.45, 7) is 0. The first kappa shape index (κ1) is 17.0. The molecule has 1 aromatic carbocycles. The van der Waals surface area contributed by atoms with E-state index in [0.29, 0.717) is 5.56 Å². The second kappa shape index (κ2) is 6.60. The Morgan fingerprint density at radius 1 is 1.12 bits per heavy atom. The Hall–Kier alpha value is -2.80. The van der Waals surface area contributed by atoms with E-state index >= 15 is 0 Å². The van der Waals surface area contributed by atoms with Crippen LogP contribution in [0.5, 0.6) is 0 Å². The van der Waals surface area contributed by atoms with Crippen molar-refractivity contribution >= 4 is 23.2 Å². The van der Waals surface area contributed by atoms with Crippen LogP contribution in [-0.2, 0) is 6.18 Å². The van der Waals surface area contributed by atoms with E-state index in [1.165, 1.54) is 24.4 Å². The van der Waals surface area contributed by atoms with Crippen molar-refractivity contribution in [1.82, 2.24) is 9.97 Å². The number of aromatic nitrogens is 2. The van der Waals surface area contributed by atoms with Gasteiger partial charge in [-0.1, -0.05) is 41.9 Å². The van der Waals surface area contributed by atoms with Gasteiger partial charge in [0.1, 0.15) is 10.8 Å². The first-order valence-electron chi connectivity index (χ1n) is 7.13. The lowest BCUT2D eigenvalue weighted by atomic mass is 10.1. The third kappa shape index (κ3) is 3.83. The van der Waals surface area contributed by atoms with Gasteiger partial charge in [0.05, 0.1) is 17.4 Å². The van der Waals surface area contributed by atoms with Crippen molar-refractivity contribution in [2.24, 2.45) is 0 Å². The minimum atomic E-state index is -4.70. The SMILES string of the molecule is O=C(Nc1ccc(Cl)nc1)c1cc(-c2ccccc2)[nH]c1C(F)(F)F. The van der Waals surface area contributed by atoms with Crippen molar-refractivity contribution in [3.63, 3.8) is 0 Å². The fourth-order valence-corrected chi connectivity index (χ4v) is 2.39. The molecule has 3 rings (SSSR count). The van der Waals surface area contributed by atoms with Gasteiger partial charge in [-0.05, 0) is 23.8 Å². The van der Waals surface area contributed by atoms with Gasteiger partial charge in [0.25, 0.3) is 5.91 Å². The molecule has 8 heteroatoms. The van der Waals surface area contributed by atoms with Gasteiger partial charge in [-0.25, -0.2) is 4.98 Å². The summed E-state index contributed by atoms with van der Waals surface area (Å²) in [6.07, 6.45) is -3.43. The van der Waals surface area contributed by atoms with Gasteiger partial charge in [0.2, 0.25) is 0 Å². The molecule has 0 spiro atoms. The van der Waals surface area contributed by atoms with E-state index in [4.69, 9.17) is 11.6 Å². The highest BCUT2D eigenvalue weighted by molar-refractivity contribution is 6.29. The lowest BCUT2D eigenvalue weighted by Gasteiger charge is -2.08. The molecule has 0 bridgehead atoms. The maximum atomic E-state index is 13.3. The molecule has 0 atom stereocenters. The number of nitrogens with one attached hydrogen (secondary N) is 2. The average molecular weight is 366 g/mol. The van der Waals surface area contributed by atoms with Gasteiger partial charge in [0, 0.05) is 5.69 Å². The average Bonchev–Trinajstić information content (AvgIpc) is 3.04. The number of aromatic amines is 1. The lowest BCUT2D eigenvalue weighted by Crippen LogP contribution is -2.17. The fraction of sp³-hybridized carbons (Fsp3) is 0.0588. The molecule has 1 amide bonds. The van der Waals surface area contributed by atoms with Crippen molar-refractivity contribution in [2.45, 2.75) is 6.18 Å². The standard InChI is InChI=1S/C17H11ClF3N3O/c18-14-7-6-11(9-22-14)23-16(25)12-8-13(10-4-2-1-3-5-10)24-15(12)17(19,20)21/h1-9,24H,(H,23,25). The number of nitrogens with zero attached hydrogens (tertiary/aromatic N) is 1. The molecule has 0 unspecified atom stereocenters. The van der Waals surface area contributed by atoms with Crippen LogP contribution in [0.15, 0.2) is 54.7 Å². The zero-order valence-corrected chi connectivity index (χ0v) is 13.3. The van der Waals surface area contributed by atoms with Crippen molar-refractivity contribution in [3.8, 4) is 11.3 Å². The Morgan fingerprint density at radius 2 is 1.84 bits per heavy atom. The van der Waals surface area contributed by atoms with E-state index in [0.717, 1.165) is 0 Å². The summed E-state index contributed by atoms with van der Waals surface area (Å²) in [5.74, 6) is -0.894. The van der Waals surface area contributed by atoms with Gasteiger partial charge < -0.3 is 10.3 Å². The Balaban J connectivity index is 1.97. The number of anilines is 1. The van der Waals surface area contributed by atoms with Crippen LogP contribution >= 0.6 is 11.6 Å². The molecule has 0 aliphatic carbocycles. The van der Waals surface area contributed by atoms with E-state index in [1.54, 1.807) is 30.3 Å². The Labute approximate surface area is 145 Å². The summed E-state index contributed by atoms with van der Waals surface area (Å²) in [5.41, 5.74) is -0.621. The van der Waals surface area contributed by atoms with Crippen LogP contribution in [0.3, 0.4) is 0 Å². The maximum absolute atomic E-state index is 13.3. The van der Waals surface area contributed by atoms with Crippen LogP contribution in [0.25, 0.3) is 11.3 Å². The number of rotatable bonds is 3. The fourth-order valence-electron chi connectivity index (χ4n) is 2.28. The van der Waals surface area contributed by atoms with Crippen molar-refractivity contribution in [2.75, 3.05) is 5.32 Å². The summed E-state index contributed by atoms with van der Waals surface area (Å²) in [5, 5.41) is 2.59. The van der Waals surface area contributed by atoms with Crippen LogP contribution in [0.1, 0.15) is 16.1 Å². The molecular formula is C17H11ClF3N3O. The number of carbonyl (C=O) groups is 1. The number of hydrogen-bond donors (Lipinski definition) is 2. The number of alkyl halides is 3. The smallest absolute Gasteiger partial charge is 0.350 e. The number of benzene rings is 1. The molecule has 2 N–H and O–H groups in total. The highest BCUT2D eigenvalue weighted by atomic mass is 35.5. The summed E-state index contributed by atoms with van der Waals surface area (Å²) < 4.78 is 39.9. The molecule has 2 aromatic heterocycles. The van der Waals surface area contributed by atoms with Gasteiger partial charge >= 0.3 is 6.18 Å². The molecule has 2 heterocycles. The Bertz CT molecular complexity index is 890. The first-order valence-corrected chi connectivity index (χ1v) is 7.51. The number of hydrogen-bond acceptors (Lipinski definition) is 2. The molecule has 0 saturated heterocycles. The molecule has 0 saturated carbocycles. The van der Waals surface area contributed by atoms with E-state index in [9.17, 15) is 18.0 Å². The zero-order chi connectivity index (χ0) is 18.0. The van der Waals surface area contributed by atoms with Crippen molar-refractivity contribution in [3.05, 3.63) is 71.1 Å². The van der Waals surface area contributed by atoms with Crippen molar-refractivity contribution in [1.29, 1.82) is 0 Å². The van der Waals surface area contributed by atoms with Gasteiger partial charge in [-0.3, -0.25) is 4.79 Å². The van der Waals surface area contributed by atoms with Gasteiger partial charge in [-0.2, -0.15) is 13.2 Å². The molecule has 4 nitrogen and oxygen atoms in total. The normalized spacial score (nSPS) is 11.4. The monoisotopic (exact) mass is 365 g/mol. The molecule has 0 aliphatic rings. The van der Waals surface area contributed by atoms with E-state index in [1.807, 2.05) is 0 Å². The lowest BCUT2D eigenvalue weighted by molar-refractivity contribution is -0.141. The van der Waals surface area contributed by atoms with E-state index in [-0.39, 0.29) is 16.5 Å². The highest BCUT2D eigenvalue weighted by Crippen LogP contribution is 2.34.